The fourth-order valence-corrected chi connectivity index (χ4v) is 2.78. The van der Waals surface area contributed by atoms with E-state index in [1.807, 2.05) is 0 Å². The Morgan fingerprint density at radius 1 is 1.56 bits per heavy atom. The molecule has 0 bridgehead atoms. The monoisotopic (exact) mass is 270 g/mol. The third-order valence-corrected chi connectivity index (χ3v) is 4.10. The number of hydrogen-bond donors (Lipinski definition) is 1. The van der Waals surface area contributed by atoms with Crippen molar-refractivity contribution in [2.75, 3.05) is 26.0 Å². The van der Waals surface area contributed by atoms with Crippen molar-refractivity contribution < 1.29 is 13.2 Å². The summed E-state index contributed by atoms with van der Waals surface area (Å²) in [5.74, 6) is 0.638. The van der Waals surface area contributed by atoms with Crippen molar-refractivity contribution in [2.24, 2.45) is 5.92 Å². The molecule has 2 rings (SSSR count). The second kappa shape index (κ2) is 5.67. The number of nitrogens with one attached hydrogen (secondary N) is 1. The number of nitrogens with zero attached hydrogens (tertiary/aromatic N) is 1. The maximum atomic E-state index is 11.6. The van der Waals surface area contributed by atoms with Crippen LogP contribution < -0.4 is 10.1 Å². The molecule has 6 heteroatoms. The van der Waals surface area contributed by atoms with E-state index in [0.717, 1.165) is 25.9 Å². The first kappa shape index (κ1) is 13.3. The minimum atomic E-state index is -3.29. The molecule has 1 saturated heterocycles. The maximum Gasteiger partial charge on any atom is 0.232 e. The molecular formula is C12H18N2O3S. The molecule has 1 unspecified atom stereocenters. The van der Waals surface area contributed by atoms with Gasteiger partial charge in [0.2, 0.25) is 5.88 Å². The predicted molar refractivity (Wildman–Crippen MR) is 68.4 cm³/mol. The van der Waals surface area contributed by atoms with E-state index in [1.54, 1.807) is 12.3 Å². The van der Waals surface area contributed by atoms with Gasteiger partial charge in [0.05, 0.1) is 6.61 Å². The lowest BCUT2D eigenvalue weighted by molar-refractivity contribution is 0.207. The van der Waals surface area contributed by atoms with Gasteiger partial charge in [-0.3, -0.25) is 0 Å². The van der Waals surface area contributed by atoms with E-state index in [4.69, 9.17) is 4.74 Å². The number of ether oxygens (including phenoxy) is 1. The van der Waals surface area contributed by atoms with Gasteiger partial charge in [0.25, 0.3) is 0 Å². The number of piperidine rings is 1. The molecule has 1 aliphatic heterocycles. The first-order chi connectivity index (χ1) is 8.57. The standard InChI is InChI=1S/C12H18N2O3S/c1-18(15,16)11-5-3-7-14-12(11)17-9-10-4-2-6-13-8-10/h3,5,7,10,13H,2,4,6,8-9H2,1H3. The first-order valence-electron chi connectivity index (χ1n) is 6.06. The van der Waals surface area contributed by atoms with Crippen molar-refractivity contribution in [1.29, 1.82) is 0 Å². The lowest BCUT2D eigenvalue weighted by Gasteiger charge is -2.22. The lowest BCUT2D eigenvalue weighted by atomic mass is 10.0. The second-order valence-electron chi connectivity index (χ2n) is 4.60. The van der Waals surface area contributed by atoms with Crippen LogP contribution in [0.25, 0.3) is 0 Å². The number of aromatic nitrogens is 1. The molecule has 1 atom stereocenters. The summed E-state index contributed by atoms with van der Waals surface area (Å²) in [4.78, 5) is 4.17. The highest BCUT2D eigenvalue weighted by Gasteiger charge is 2.18. The molecule has 0 spiro atoms. The van der Waals surface area contributed by atoms with Crippen LogP contribution in [-0.2, 0) is 9.84 Å². The van der Waals surface area contributed by atoms with Crippen LogP contribution in [0.3, 0.4) is 0 Å². The number of pyridine rings is 1. The number of sulfone groups is 1. The van der Waals surface area contributed by atoms with Crippen LogP contribution in [0, 0.1) is 5.92 Å². The summed E-state index contributed by atoms with van der Waals surface area (Å²) in [7, 11) is -3.29. The molecule has 0 amide bonds. The van der Waals surface area contributed by atoms with Crippen molar-refractivity contribution in [3.8, 4) is 5.88 Å². The van der Waals surface area contributed by atoms with Gasteiger partial charge in [0, 0.05) is 24.9 Å². The number of hydrogen-bond acceptors (Lipinski definition) is 5. The average Bonchev–Trinajstić information content (AvgIpc) is 2.37. The summed E-state index contributed by atoms with van der Waals surface area (Å²) in [6.45, 7) is 2.47. The third-order valence-electron chi connectivity index (χ3n) is 2.99. The maximum absolute atomic E-state index is 11.6. The van der Waals surface area contributed by atoms with E-state index in [9.17, 15) is 8.42 Å². The van der Waals surface area contributed by atoms with Gasteiger partial charge in [-0.05, 0) is 31.5 Å². The van der Waals surface area contributed by atoms with Gasteiger partial charge >= 0.3 is 0 Å². The predicted octanol–water partition coefficient (Wildman–Crippen LogP) is 0.863. The van der Waals surface area contributed by atoms with Crippen LogP contribution in [0.2, 0.25) is 0 Å². The highest BCUT2D eigenvalue weighted by atomic mass is 32.2. The smallest absolute Gasteiger partial charge is 0.232 e. The van der Waals surface area contributed by atoms with E-state index < -0.39 is 9.84 Å². The Morgan fingerprint density at radius 2 is 2.39 bits per heavy atom. The van der Waals surface area contributed by atoms with Crippen LogP contribution >= 0.6 is 0 Å². The fraction of sp³-hybridized carbons (Fsp3) is 0.583. The molecule has 1 fully saturated rings. The van der Waals surface area contributed by atoms with Gasteiger partial charge in [-0.25, -0.2) is 13.4 Å². The molecule has 0 saturated carbocycles. The van der Waals surface area contributed by atoms with Crippen molar-refractivity contribution in [2.45, 2.75) is 17.7 Å². The van der Waals surface area contributed by atoms with Crippen LogP contribution in [0.5, 0.6) is 5.88 Å². The quantitative estimate of drug-likeness (QED) is 0.879. The molecule has 0 aliphatic carbocycles. The van der Waals surface area contributed by atoms with Crippen LogP contribution in [0.1, 0.15) is 12.8 Å². The Labute approximate surface area is 107 Å². The Morgan fingerprint density at radius 3 is 3.06 bits per heavy atom. The molecule has 0 radical (unpaired) electrons. The Bertz CT molecular complexity index is 496. The molecular weight excluding hydrogens is 252 g/mol. The third kappa shape index (κ3) is 3.43. The SMILES string of the molecule is CS(=O)(=O)c1cccnc1OCC1CCCNC1. The molecule has 1 N–H and O–H groups in total. The number of rotatable bonds is 4. The molecule has 2 heterocycles. The Balaban J connectivity index is 2.05. The topological polar surface area (TPSA) is 68.3 Å². The van der Waals surface area contributed by atoms with E-state index in [0.29, 0.717) is 12.5 Å². The summed E-state index contributed by atoms with van der Waals surface area (Å²) in [6.07, 6.45) is 4.95. The van der Waals surface area contributed by atoms with Gasteiger partial charge in [-0.1, -0.05) is 0 Å². The minimum Gasteiger partial charge on any atom is -0.476 e. The van der Waals surface area contributed by atoms with Crippen molar-refractivity contribution >= 4 is 9.84 Å². The van der Waals surface area contributed by atoms with E-state index in [2.05, 4.69) is 10.3 Å². The van der Waals surface area contributed by atoms with Crippen molar-refractivity contribution in [1.82, 2.24) is 10.3 Å². The lowest BCUT2D eigenvalue weighted by Crippen LogP contribution is -2.33. The van der Waals surface area contributed by atoms with Gasteiger partial charge < -0.3 is 10.1 Å². The Kier molecular flexibility index (Phi) is 4.19. The minimum absolute atomic E-state index is 0.161. The Hall–Kier alpha value is -1.14. The summed E-state index contributed by atoms with van der Waals surface area (Å²) in [6, 6.07) is 3.13. The average molecular weight is 270 g/mol. The zero-order valence-electron chi connectivity index (χ0n) is 10.4. The van der Waals surface area contributed by atoms with Gasteiger partial charge in [0.15, 0.2) is 9.84 Å². The van der Waals surface area contributed by atoms with Crippen molar-refractivity contribution in [3.63, 3.8) is 0 Å². The van der Waals surface area contributed by atoms with Crippen molar-refractivity contribution in [3.05, 3.63) is 18.3 Å². The molecule has 5 nitrogen and oxygen atoms in total. The zero-order valence-corrected chi connectivity index (χ0v) is 11.2. The fourth-order valence-electron chi connectivity index (χ4n) is 2.03. The normalized spacial score (nSPS) is 20.6. The van der Waals surface area contributed by atoms with E-state index in [-0.39, 0.29) is 10.8 Å². The highest BCUT2D eigenvalue weighted by Crippen LogP contribution is 2.21. The summed E-state index contributed by atoms with van der Waals surface area (Å²) in [5.41, 5.74) is 0. The highest BCUT2D eigenvalue weighted by molar-refractivity contribution is 7.90. The van der Waals surface area contributed by atoms with E-state index >= 15 is 0 Å². The molecule has 18 heavy (non-hydrogen) atoms. The first-order valence-corrected chi connectivity index (χ1v) is 7.95. The van der Waals surface area contributed by atoms with Gasteiger partial charge in [0.1, 0.15) is 4.90 Å². The zero-order chi connectivity index (χ0) is 13.0. The summed E-state index contributed by atoms with van der Waals surface area (Å²) < 4.78 is 28.7. The van der Waals surface area contributed by atoms with E-state index in [1.165, 1.54) is 12.3 Å². The van der Waals surface area contributed by atoms with Gasteiger partial charge in [-0.15, -0.1) is 0 Å². The van der Waals surface area contributed by atoms with Crippen LogP contribution in [0.4, 0.5) is 0 Å². The van der Waals surface area contributed by atoms with Gasteiger partial charge in [-0.2, -0.15) is 0 Å². The van der Waals surface area contributed by atoms with Crippen LogP contribution in [0.15, 0.2) is 23.2 Å². The van der Waals surface area contributed by atoms with Crippen LogP contribution in [-0.4, -0.2) is 39.4 Å². The molecule has 0 aromatic carbocycles. The summed E-state index contributed by atoms with van der Waals surface area (Å²) >= 11 is 0. The molecule has 100 valence electrons. The second-order valence-corrected chi connectivity index (χ2v) is 6.59. The molecule has 1 aliphatic rings. The largest absolute Gasteiger partial charge is 0.476 e. The molecule has 1 aromatic rings. The summed E-state index contributed by atoms with van der Waals surface area (Å²) in [5, 5.41) is 3.30. The molecule has 1 aromatic heterocycles.